The predicted octanol–water partition coefficient (Wildman–Crippen LogP) is 3.43. The van der Waals surface area contributed by atoms with E-state index in [1.165, 1.54) is 0 Å². The van der Waals surface area contributed by atoms with Crippen LogP contribution in [0.1, 0.15) is 43.5 Å². The van der Waals surface area contributed by atoms with Gasteiger partial charge in [0.2, 0.25) is 0 Å². The minimum absolute atomic E-state index is 0.301. The van der Waals surface area contributed by atoms with E-state index in [-0.39, 0.29) is 5.97 Å². The van der Waals surface area contributed by atoms with Crippen molar-refractivity contribution in [3.8, 4) is 5.75 Å². The normalized spacial score (nSPS) is 10.0. The Morgan fingerprint density at radius 1 is 1.18 bits per heavy atom. The molecule has 0 radical (unpaired) electrons. The summed E-state index contributed by atoms with van der Waals surface area (Å²) in [7, 11) is 0. The zero-order chi connectivity index (χ0) is 12.5. The van der Waals surface area contributed by atoms with Crippen LogP contribution in [0.2, 0.25) is 0 Å². The molecule has 1 aromatic carbocycles. The van der Waals surface area contributed by atoms with Crippen molar-refractivity contribution >= 4 is 5.97 Å². The van der Waals surface area contributed by atoms with E-state index in [0.717, 1.165) is 19.3 Å². The maximum atomic E-state index is 11.8. The standard InChI is InChI=1S/C14H20O3/c1-3-5-8-11-17-14(15)12-9-6-7-10-13(12)16-4-2/h6-7,9-10H,3-5,8,11H2,1-2H3. The molecule has 1 rings (SSSR count). The van der Waals surface area contributed by atoms with Gasteiger partial charge in [0.15, 0.2) is 0 Å². The zero-order valence-electron chi connectivity index (χ0n) is 10.6. The van der Waals surface area contributed by atoms with Gasteiger partial charge in [0.05, 0.1) is 13.2 Å². The number of rotatable bonds is 7. The summed E-state index contributed by atoms with van der Waals surface area (Å²) in [5.74, 6) is 0.292. The lowest BCUT2D eigenvalue weighted by molar-refractivity contribution is 0.0494. The van der Waals surface area contributed by atoms with Crippen molar-refractivity contribution in [1.29, 1.82) is 0 Å². The molecule has 0 saturated heterocycles. The number of carbonyl (C=O) groups is 1. The molecule has 0 fully saturated rings. The topological polar surface area (TPSA) is 35.5 Å². The van der Waals surface area contributed by atoms with Crippen molar-refractivity contribution in [2.24, 2.45) is 0 Å². The minimum Gasteiger partial charge on any atom is -0.493 e. The second-order valence-electron chi connectivity index (χ2n) is 3.77. The summed E-state index contributed by atoms with van der Waals surface area (Å²) in [5, 5.41) is 0. The summed E-state index contributed by atoms with van der Waals surface area (Å²) >= 11 is 0. The fourth-order valence-corrected chi connectivity index (χ4v) is 1.51. The first-order valence-corrected chi connectivity index (χ1v) is 6.18. The van der Waals surface area contributed by atoms with E-state index in [9.17, 15) is 4.79 Å². The highest BCUT2D eigenvalue weighted by Crippen LogP contribution is 2.18. The number of benzene rings is 1. The van der Waals surface area contributed by atoms with Gasteiger partial charge in [-0.25, -0.2) is 4.79 Å². The largest absolute Gasteiger partial charge is 0.493 e. The molecule has 0 bridgehead atoms. The molecule has 3 heteroatoms. The second kappa shape index (κ2) is 7.71. The Balaban J connectivity index is 2.55. The van der Waals surface area contributed by atoms with Gasteiger partial charge in [-0.2, -0.15) is 0 Å². The van der Waals surface area contributed by atoms with Crippen LogP contribution in [0.4, 0.5) is 0 Å². The molecule has 0 aliphatic carbocycles. The van der Waals surface area contributed by atoms with Gasteiger partial charge in [-0.1, -0.05) is 31.9 Å². The van der Waals surface area contributed by atoms with Crippen LogP contribution in [-0.2, 0) is 4.74 Å². The number of hydrogen-bond acceptors (Lipinski definition) is 3. The predicted molar refractivity (Wildman–Crippen MR) is 67.4 cm³/mol. The SMILES string of the molecule is CCCCCOC(=O)c1ccccc1OCC. The van der Waals surface area contributed by atoms with Crippen molar-refractivity contribution < 1.29 is 14.3 Å². The van der Waals surface area contributed by atoms with Crippen LogP contribution in [0.15, 0.2) is 24.3 Å². The maximum absolute atomic E-state index is 11.8. The van der Waals surface area contributed by atoms with Crippen LogP contribution in [0, 0.1) is 0 Å². The maximum Gasteiger partial charge on any atom is 0.341 e. The first-order valence-electron chi connectivity index (χ1n) is 6.18. The van der Waals surface area contributed by atoms with Gasteiger partial charge < -0.3 is 9.47 Å². The van der Waals surface area contributed by atoms with Crippen LogP contribution in [0.25, 0.3) is 0 Å². The van der Waals surface area contributed by atoms with Crippen molar-refractivity contribution in [2.75, 3.05) is 13.2 Å². The van der Waals surface area contributed by atoms with E-state index in [2.05, 4.69) is 6.92 Å². The van der Waals surface area contributed by atoms with Crippen LogP contribution in [0.5, 0.6) is 5.75 Å². The molecule has 0 atom stereocenters. The van der Waals surface area contributed by atoms with Crippen LogP contribution in [-0.4, -0.2) is 19.2 Å². The lowest BCUT2D eigenvalue weighted by atomic mass is 10.2. The van der Waals surface area contributed by atoms with Gasteiger partial charge in [0, 0.05) is 0 Å². The number of ether oxygens (including phenoxy) is 2. The Hall–Kier alpha value is -1.51. The molecule has 0 spiro atoms. The van der Waals surface area contributed by atoms with Gasteiger partial charge >= 0.3 is 5.97 Å². The van der Waals surface area contributed by atoms with E-state index in [4.69, 9.17) is 9.47 Å². The zero-order valence-corrected chi connectivity index (χ0v) is 10.6. The summed E-state index contributed by atoms with van der Waals surface area (Å²) in [6.45, 7) is 5.03. The highest BCUT2D eigenvalue weighted by molar-refractivity contribution is 5.92. The van der Waals surface area contributed by atoms with Gasteiger partial charge in [-0.05, 0) is 25.5 Å². The van der Waals surface area contributed by atoms with Gasteiger partial charge in [-0.3, -0.25) is 0 Å². The lowest BCUT2D eigenvalue weighted by Gasteiger charge is -2.09. The lowest BCUT2D eigenvalue weighted by Crippen LogP contribution is -2.08. The third-order valence-corrected chi connectivity index (χ3v) is 2.39. The number of hydrogen-bond donors (Lipinski definition) is 0. The summed E-state index contributed by atoms with van der Waals surface area (Å²) in [5.41, 5.74) is 0.505. The molecule has 0 unspecified atom stereocenters. The first-order chi connectivity index (χ1) is 8.29. The third kappa shape index (κ3) is 4.47. The molecule has 3 nitrogen and oxygen atoms in total. The Bertz CT molecular complexity index is 347. The number of carbonyl (C=O) groups excluding carboxylic acids is 1. The highest BCUT2D eigenvalue weighted by Gasteiger charge is 2.12. The third-order valence-electron chi connectivity index (χ3n) is 2.39. The van der Waals surface area contributed by atoms with E-state index >= 15 is 0 Å². The highest BCUT2D eigenvalue weighted by atomic mass is 16.5. The summed E-state index contributed by atoms with van der Waals surface area (Å²) < 4.78 is 10.6. The minimum atomic E-state index is -0.301. The fraction of sp³-hybridized carbons (Fsp3) is 0.500. The monoisotopic (exact) mass is 236 g/mol. The Morgan fingerprint density at radius 3 is 2.65 bits per heavy atom. The van der Waals surface area contributed by atoms with Crippen molar-refractivity contribution in [1.82, 2.24) is 0 Å². The van der Waals surface area contributed by atoms with Crippen molar-refractivity contribution in [2.45, 2.75) is 33.1 Å². The Morgan fingerprint density at radius 2 is 1.94 bits per heavy atom. The van der Waals surface area contributed by atoms with E-state index in [1.54, 1.807) is 12.1 Å². The Kier molecular flexibility index (Phi) is 6.15. The number of para-hydroxylation sites is 1. The second-order valence-corrected chi connectivity index (χ2v) is 3.77. The summed E-state index contributed by atoms with van der Waals surface area (Å²) in [6.07, 6.45) is 3.12. The van der Waals surface area contributed by atoms with Gasteiger partial charge in [0.1, 0.15) is 11.3 Å². The molecular formula is C14H20O3. The molecule has 0 N–H and O–H groups in total. The molecule has 17 heavy (non-hydrogen) atoms. The molecule has 1 aromatic rings. The Labute approximate surface area is 103 Å². The molecule has 0 aromatic heterocycles. The molecule has 94 valence electrons. The average Bonchev–Trinajstić information content (AvgIpc) is 2.35. The molecule has 0 aliphatic rings. The summed E-state index contributed by atoms with van der Waals surface area (Å²) in [6, 6.07) is 7.17. The van der Waals surface area contributed by atoms with Crippen LogP contribution >= 0.6 is 0 Å². The van der Waals surface area contributed by atoms with E-state index in [0.29, 0.717) is 24.5 Å². The fourth-order valence-electron chi connectivity index (χ4n) is 1.51. The van der Waals surface area contributed by atoms with Crippen LogP contribution in [0.3, 0.4) is 0 Å². The van der Waals surface area contributed by atoms with E-state index in [1.807, 2.05) is 19.1 Å². The quantitative estimate of drug-likeness (QED) is 0.537. The smallest absolute Gasteiger partial charge is 0.341 e. The molecular weight excluding hydrogens is 216 g/mol. The van der Waals surface area contributed by atoms with Crippen molar-refractivity contribution in [3.05, 3.63) is 29.8 Å². The number of esters is 1. The van der Waals surface area contributed by atoms with Gasteiger partial charge in [0.25, 0.3) is 0 Å². The molecule has 0 heterocycles. The van der Waals surface area contributed by atoms with Crippen LogP contribution < -0.4 is 4.74 Å². The molecule has 0 amide bonds. The van der Waals surface area contributed by atoms with Crippen molar-refractivity contribution in [3.63, 3.8) is 0 Å². The first kappa shape index (κ1) is 13.6. The molecule has 0 saturated carbocycles. The number of unbranched alkanes of at least 4 members (excludes halogenated alkanes) is 2. The van der Waals surface area contributed by atoms with E-state index < -0.39 is 0 Å². The molecule has 0 aliphatic heterocycles. The summed E-state index contributed by atoms with van der Waals surface area (Å²) in [4.78, 5) is 11.8. The van der Waals surface area contributed by atoms with Gasteiger partial charge in [-0.15, -0.1) is 0 Å². The average molecular weight is 236 g/mol.